The number of nitrogens with zero attached hydrogens (tertiary/aromatic N) is 3. The molecule has 0 aromatic carbocycles. The lowest BCUT2D eigenvalue weighted by Gasteiger charge is -1.98. The summed E-state index contributed by atoms with van der Waals surface area (Å²) >= 11 is 1.16. The van der Waals surface area contributed by atoms with Gasteiger partial charge in [-0.15, -0.1) is 10.2 Å². The molecule has 78 valence electrons. The van der Waals surface area contributed by atoms with Crippen LogP contribution in [0.2, 0.25) is 0 Å². The average molecular weight is 223 g/mol. The Balaban J connectivity index is 2.35. The average Bonchev–Trinajstić information content (AvgIpc) is 2.57. The molecule has 0 fully saturated rings. The van der Waals surface area contributed by atoms with Crippen LogP contribution >= 0.6 is 11.8 Å². The van der Waals surface area contributed by atoms with Gasteiger partial charge < -0.3 is 5.11 Å². The monoisotopic (exact) mass is 223 g/mol. The van der Waals surface area contributed by atoms with Gasteiger partial charge in [-0.3, -0.25) is 9.20 Å². The highest BCUT2D eigenvalue weighted by Crippen LogP contribution is 2.16. The van der Waals surface area contributed by atoms with Gasteiger partial charge in [0.1, 0.15) is 0 Å². The van der Waals surface area contributed by atoms with Crippen molar-refractivity contribution in [3.05, 3.63) is 23.9 Å². The van der Waals surface area contributed by atoms with Crippen molar-refractivity contribution < 1.29 is 9.90 Å². The van der Waals surface area contributed by atoms with Gasteiger partial charge in [-0.25, -0.2) is 0 Å². The minimum atomic E-state index is -0.857. The van der Waals surface area contributed by atoms with Gasteiger partial charge in [-0.2, -0.15) is 0 Å². The van der Waals surface area contributed by atoms with E-state index in [2.05, 4.69) is 10.2 Å². The Labute approximate surface area is 90.1 Å². The third kappa shape index (κ3) is 2.10. The molecule has 2 heterocycles. The van der Waals surface area contributed by atoms with Gasteiger partial charge in [0.15, 0.2) is 10.8 Å². The first-order chi connectivity index (χ1) is 7.16. The highest BCUT2D eigenvalue weighted by Gasteiger charge is 2.07. The first-order valence-corrected chi connectivity index (χ1v) is 5.31. The standard InChI is InChI=1S/C9H9N3O2S/c1-6-2-3-7-10-11-9(12(7)4-6)15-5-8(13)14/h2-4H,5H2,1H3,(H,13,14). The molecular weight excluding hydrogens is 214 g/mol. The van der Waals surface area contributed by atoms with Crippen molar-refractivity contribution in [2.24, 2.45) is 0 Å². The van der Waals surface area contributed by atoms with Gasteiger partial charge in [0.25, 0.3) is 0 Å². The van der Waals surface area contributed by atoms with E-state index in [4.69, 9.17) is 5.11 Å². The fraction of sp³-hybridized carbons (Fsp3) is 0.222. The van der Waals surface area contributed by atoms with E-state index in [1.807, 2.05) is 25.3 Å². The van der Waals surface area contributed by atoms with Crippen LogP contribution < -0.4 is 0 Å². The Hall–Kier alpha value is -1.56. The van der Waals surface area contributed by atoms with Crippen LogP contribution in [0.1, 0.15) is 5.56 Å². The fourth-order valence-electron chi connectivity index (χ4n) is 1.20. The first kappa shape index (κ1) is 9.97. The molecule has 0 unspecified atom stereocenters. The summed E-state index contributed by atoms with van der Waals surface area (Å²) in [5, 5.41) is 17.0. The largest absolute Gasteiger partial charge is 0.481 e. The molecule has 0 saturated carbocycles. The number of pyridine rings is 1. The number of carboxylic acids is 1. The fourth-order valence-corrected chi connectivity index (χ4v) is 1.84. The number of aryl methyl sites for hydroxylation is 1. The molecule has 2 rings (SSSR count). The van der Waals surface area contributed by atoms with E-state index in [1.165, 1.54) is 0 Å². The second-order valence-electron chi connectivity index (χ2n) is 3.10. The van der Waals surface area contributed by atoms with Crippen LogP contribution in [0.5, 0.6) is 0 Å². The lowest BCUT2D eigenvalue weighted by atomic mass is 10.3. The molecule has 0 spiro atoms. The highest BCUT2D eigenvalue weighted by molar-refractivity contribution is 7.99. The Morgan fingerprint density at radius 1 is 1.53 bits per heavy atom. The molecular formula is C9H9N3O2S. The summed E-state index contributed by atoms with van der Waals surface area (Å²) in [4.78, 5) is 10.4. The number of aliphatic carboxylic acids is 1. The maximum atomic E-state index is 10.4. The van der Waals surface area contributed by atoms with Gasteiger partial charge >= 0.3 is 5.97 Å². The zero-order valence-electron chi connectivity index (χ0n) is 8.04. The van der Waals surface area contributed by atoms with Crippen LogP contribution in [0, 0.1) is 6.92 Å². The first-order valence-electron chi connectivity index (χ1n) is 4.33. The lowest BCUT2D eigenvalue weighted by molar-refractivity contribution is -0.133. The maximum Gasteiger partial charge on any atom is 0.313 e. The van der Waals surface area contributed by atoms with Crippen molar-refractivity contribution in [3.8, 4) is 0 Å². The third-order valence-electron chi connectivity index (χ3n) is 1.84. The van der Waals surface area contributed by atoms with E-state index in [-0.39, 0.29) is 5.75 Å². The molecule has 6 heteroatoms. The highest BCUT2D eigenvalue weighted by atomic mass is 32.2. The SMILES string of the molecule is Cc1ccc2nnc(SCC(=O)O)n2c1. The number of carboxylic acid groups (broad SMARTS) is 1. The van der Waals surface area contributed by atoms with Crippen LogP contribution in [0.3, 0.4) is 0 Å². The van der Waals surface area contributed by atoms with Crippen molar-refractivity contribution in [2.45, 2.75) is 12.1 Å². The van der Waals surface area contributed by atoms with Gasteiger partial charge in [0.2, 0.25) is 0 Å². The second-order valence-corrected chi connectivity index (χ2v) is 4.04. The van der Waals surface area contributed by atoms with Crippen molar-refractivity contribution >= 4 is 23.4 Å². The number of thioether (sulfide) groups is 1. The zero-order valence-corrected chi connectivity index (χ0v) is 8.86. The second kappa shape index (κ2) is 3.90. The molecule has 0 aliphatic carbocycles. The van der Waals surface area contributed by atoms with E-state index in [0.717, 1.165) is 23.0 Å². The number of fused-ring (bicyclic) bond motifs is 1. The third-order valence-corrected chi connectivity index (χ3v) is 2.77. The molecule has 2 aromatic rings. The van der Waals surface area contributed by atoms with Gasteiger partial charge in [0.05, 0.1) is 5.75 Å². The van der Waals surface area contributed by atoms with Crippen LogP contribution in [-0.4, -0.2) is 31.4 Å². The molecule has 0 atom stereocenters. The summed E-state index contributed by atoms with van der Waals surface area (Å²) in [5.74, 6) is -0.862. The van der Waals surface area contributed by atoms with E-state index >= 15 is 0 Å². The van der Waals surface area contributed by atoms with Crippen LogP contribution in [0.15, 0.2) is 23.5 Å². The summed E-state index contributed by atoms with van der Waals surface area (Å²) in [6.45, 7) is 1.96. The topological polar surface area (TPSA) is 67.5 Å². The maximum absolute atomic E-state index is 10.4. The Bertz CT molecular complexity index is 509. The summed E-state index contributed by atoms with van der Waals surface area (Å²) in [7, 11) is 0. The van der Waals surface area contributed by atoms with Crippen LogP contribution in [0.25, 0.3) is 5.65 Å². The molecule has 1 N–H and O–H groups in total. The van der Waals surface area contributed by atoms with Crippen molar-refractivity contribution in [1.29, 1.82) is 0 Å². The van der Waals surface area contributed by atoms with E-state index in [0.29, 0.717) is 5.16 Å². The van der Waals surface area contributed by atoms with E-state index in [1.54, 1.807) is 4.40 Å². The smallest absolute Gasteiger partial charge is 0.313 e. The van der Waals surface area contributed by atoms with Gasteiger partial charge in [0, 0.05) is 6.20 Å². The zero-order chi connectivity index (χ0) is 10.8. The number of hydrogen-bond donors (Lipinski definition) is 1. The number of rotatable bonds is 3. The molecule has 2 aromatic heterocycles. The predicted molar refractivity (Wildman–Crippen MR) is 56.1 cm³/mol. The van der Waals surface area contributed by atoms with E-state index in [9.17, 15) is 4.79 Å². The minimum Gasteiger partial charge on any atom is -0.481 e. The summed E-state index contributed by atoms with van der Waals surface area (Å²) in [6.07, 6.45) is 1.89. The number of aromatic nitrogens is 3. The normalized spacial score (nSPS) is 10.7. The van der Waals surface area contributed by atoms with Crippen molar-refractivity contribution in [1.82, 2.24) is 14.6 Å². The summed E-state index contributed by atoms with van der Waals surface area (Å²) < 4.78 is 1.79. The van der Waals surface area contributed by atoms with Crippen LogP contribution in [-0.2, 0) is 4.79 Å². The van der Waals surface area contributed by atoms with Crippen LogP contribution in [0.4, 0.5) is 0 Å². The summed E-state index contributed by atoms with van der Waals surface area (Å²) in [5.41, 5.74) is 1.81. The lowest BCUT2D eigenvalue weighted by Crippen LogP contribution is -1.99. The Morgan fingerprint density at radius 3 is 3.07 bits per heavy atom. The number of carbonyl (C=O) groups is 1. The molecule has 0 radical (unpaired) electrons. The molecule has 0 aliphatic heterocycles. The van der Waals surface area contributed by atoms with E-state index < -0.39 is 5.97 Å². The quantitative estimate of drug-likeness (QED) is 0.792. The number of hydrogen-bond acceptors (Lipinski definition) is 4. The molecule has 0 saturated heterocycles. The summed E-state index contributed by atoms with van der Waals surface area (Å²) in [6, 6.07) is 3.79. The van der Waals surface area contributed by atoms with Crippen molar-refractivity contribution in [3.63, 3.8) is 0 Å². The Morgan fingerprint density at radius 2 is 2.33 bits per heavy atom. The molecule has 0 amide bonds. The molecule has 15 heavy (non-hydrogen) atoms. The molecule has 5 nitrogen and oxygen atoms in total. The predicted octanol–water partition coefficient (Wildman–Crippen LogP) is 1.21. The van der Waals surface area contributed by atoms with Crippen molar-refractivity contribution in [2.75, 3.05) is 5.75 Å². The van der Waals surface area contributed by atoms with Gasteiger partial charge in [-0.1, -0.05) is 17.8 Å². The Kier molecular flexibility index (Phi) is 2.59. The van der Waals surface area contributed by atoms with Gasteiger partial charge in [-0.05, 0) is 18.6 Å². The minimum absolute atomic E-state index is 0.00522. The molecule has 0 bridgehead atoms. The molecule has 0 aliphatic rings.